The van der Waals surface area contributed by atoms with Crippen molar-refractivity contribution < 1.29 is 4.79 Å². The predicted octanol–water partition coefficient (Wildman–Crippen LogP) is 3.95. The van der Waals surface area contributed by atoms with E-state index < -0.39 is 0 Å². The maximum atomic E-state index is 12.5. The van der Waals surface area contributed by atoms with Gasteiger partial charge in [-0.15, -0.1) is 11.8 Å². The number of carbonyl (C=O) groups excluding carboxylic acids is 1. The molecule has 0 radical (unpaired) electrons. The third-order valence-corrected chi connectivity index (χ3v) is 6.97. The van der Waals surface area contributed by atoms with Gasteiger partial charge in [0.1, 0.15) is 0 Å². The minimum atomic E-state index is 0.0324. The molecule has 4 heteroatoms. The van der Waals surface area contributed by atoms with Crippen molar-refractivity contribution in [1.82, 2.24) is 5.32 Å². The topological polar surface area (TPSA) is 29.1 Å². The lowest BCUT2D eigenvalue weighted by Crippen LogP contribution is -2.39. The Kier molecular flexibility index (Phi) is 4.41. The summed E-state index contributed by atoms with van der Waals surface area (Å²) in [6.45, 7) is 0.820. The number of halogens is 1. The number of amides is 1. The van der Waals surface area contributed by atoms with Gasteiger partial charge in [-0.1, -0.05) is 47.0 Å². The highest BCUT2D eigenvalue weighted by molar-refractivity contribution is 9.09. The van der Waals surface area contributed by atoms with Gasteiger partial charge in [-0.3, -0.25) is 4.79 Å². The first kappa shape index (κ1) is 14.5. The van der Waals surface area contributed by atoms with Crippen molar-refractivity contribution in [3.8, 4) is 0 Å². The Labute approximate surface area is 133 Å². The maximum absolute atomic E-state index is 12.5. The Morgan fingerprint density at radius 3 is 2.85 bits per heavy atom. The summed E-state index contributed by atoms with van der Waals surface area (Å²) in [6.07, 6.45) is 5.05. The fourth-order valence-electron chi connectivity index (χ4n) is 3.26. The summed E-state index contributed by atoms with van der Waals surface area (Å²) < 4.78 is 0. The SMILES string of the molecule is O=C(NCC1(CBr)CCCC1)C1CSc2ccccc21. The number of carbonyl (C=O) groups is 1. The van der Waals surface area contributed by atoms with Crippen LogP contribution in [-0.4, -0.2) is 23.5 Å². The van der Waals surface area contributed by atoms with E-state index in [2.05, 4.69) is 33.4 Å². The van der Waals surface area contributed by atoms with Crippen LogP contribution in [0.15, 0.2) is 29.2 Å². The highest BCUT2D eigenvalue weighted by Gasteiger charge is 2.35. The van der Waals surface area contributed by atoms with Gasteiger partial charge < -0.3 is 5.32 Å². The summed E-state index contributed by atoms with van der Waals surface area (Å²) in [7, 11) is 0. The van der Waals surface area contributed by atoms with Crippen molar-refractivity contribution in [1.29, 1.82) is 0 Å². The van der Waals surface area contributed by atoms with Crippen molar-refractivity contribution >= 4 is 33.6 Å². The van der Waals surface area contributed by atoms with Gasteiger partial charge in [-0.05, 0) is 29.9 Å². The van der Waals surface area contributed by atoms with Crippen LogP contribution >= 0.6 is 27.7 Å². The molecule has 3 rings (SSSR count). The monoisotopic (exact) mass is 353 g/mol. The van der Waals surface area contributed by atoms with Crippen molar-refractivity contribution in [3.05, 3.63) is 29.8 Å². The Hall–Kier alpha value is -0.480. The zero-order valence-electron chi connectivity index (χ0n) is 11.5. The second kappa shape index (κ2) is 6.10. The van der Waals surface area contributed by atoms with Gasteiger partial charge in [-0.2, -0.15) is 0 Å². The molecule has 108 valence electrons. The van der Waals surface area contributed by atoms with E-state index in [1.54, 1.807) is 11.8 Å². The van der Waals surface area contributed by atoms with E-state index in [9.17, 15) is 4.79 Å². The zero-order chi connectivity index (χ0) is 14.0. The molecule has 1 aliphatic carbocycles. The van der Waals surface area contributed by atoms with Crippen LogP contribution in [0.4, 0.5) is 0 Å². The average Bonchev–Trinajstić information content (AvgIpc) is 3.12. The van der Waals surface area contributed by atoms with Crippen molar-refractivity contribution in [3.63, 3.8) is 0 Å². The molecule has 1 aromatic rings. The van der Waals surface area contributed by atoms with E-state index in [-0.39, 0.29) is 11.8 Å². The van der Waals surface area contributed by atoms with E-state index in [1.165, 1.54) is 36.1 Å². The van der Waals surface area contributed by atoms with Gasteiger partial charge in [0, 0.05) is 22.5 Å². The summed E-state index contributed by atoms with van der Waals surface area (Å²) >= 11 is 5.43. The molecule has 1 fully saturated rings. The van der Waals surface area contributed by atoms with Crippen LogP contribution in [0, 0.1) is 5.41 Å². The van der Waals surface area contributed by atoms with Crippen LogP contribution in [0.25, 0.3) is 0 Å². The Morgan fingerprint density at radius 2 is 2.10 bits per heavy atom. The molecule has 1 atom stereocenters. The maximum Gasteiger partial charge on any atom is 0.228 e. The molecule has 1 unspecified atom stereocenters. The average molecular weight is 354 g/mol. The van der Waals surface area contributed by atoms with Crippen molar-refractivity contribution in [2.24, 2.45) is 5.41 Å². The Bertz CT molecular complexity index is 499. The number of fused-ring (bicyclic) bond motifs is 1. The minimum absolute atomic E-state index is 0.0324. The molecule has 2 aliphatic rings. The summed E-state index contributed by atoms with van der Waals surface area (Å²) in [5, 5.41) is 4.21. The van der Waals surface area contributed by atoms with Gasteiger partial charge in [0.25, 0.3) is 0 Å². The fourth-order valence-corrected chi connectivity index (χ4v) is 5.25. The second-order valence-corrected chi connectivity index (χ2v) is 7.58. The third kappa shape index (κ3) is 2.77. The summed E-state index contributed by atoms with van der Waals surface area (Å²) in [4.78, 5) is 13.8. The number of hydrogen-bond acceptors (Lipinski definition) is 2. The van der Waals surface area contributed by atoms with Crippen LogP contribution in [0.3, 0.4) is 0 Å². The van der Waals surface area contributed by atoms with Crippen molar-refractivity contribution in [2.75, 3.05) is 17.6 Å². The van der Waals surface area contributed by atoms with E-state index in [4.69, 9.17) is 0 Å². The highest BCUT2D eigenvalue weighted by Crippen LogP contribution is 2.41. The van der Waals surface area contributed by atoms with Crippen molar-refractivity contribution in [2.45, 2.75) is 36.5 Å². The standard InChI is InChI=1S/C16H20BrNOS/c17-10-16(7-3-4-8-16)11-18-15(19)13-9-20-14-6-2-1-5-12(13)14/h1-2,5-6,13H,3-4,7-11H2,(H,18,19). The summed E-state index contributed by atoms with van der Waals surface area (Å²) in [5.41, 5.74) is 1.50. The Morgan fingerprint density at radius 1 is 1.35 bits per heavy atom. The largest absolute Gasteiger partial charge is 0.355 e. The molecule has 0 spiro atoms. The molecule has 1 aliphatic heterocycles. The molecule has 20 heavy (non-hydrogen) atoms. The lowest BCUT2D eigenvalue weighted by atomic mass is 9.88. The normalized spacial score (nSPS) is 23.6. The summed E-state index contributed by atoms with van der Waals surface area (Å²) in [5.74, 6) is 1.12. The molecule has 1 heterocycles. The molecule has 2 nitrogen and oxygen atoms in total. The first-order valence-electron chi connectivity index (χ1n) is 7.29. The number of hydrogen-bond donors (Lipinski definition) is 1. The Balaban J connectivity index is 1.63. The molecule has 0 saturated heterocycles. The fraction of sp³-hybridized carbons (Fsp3) is 0.562. The number of alkyl halides is 1. The van der Waals surface area contributed by atoms with Gasteiger partial charge in [0.15, 0.2) is 0 Å². The first-order chi connectivity index (χ1) is 9.74. The van der Waals surface area contributed by atoms with Crippen LogP contribution in [-0.2, 0) is 4.79 Å². The molecule has 0 aromatic heterocycles. The molecule has 1 saturated carbocycles. The number of nitrogens with one attached hydrogen (secondary N) is 1. The van der Waals surface area contributed by atoms with E-state index in [1.807, 2.05) is 12.1 Å². The van der Waals surface area contributed by atoms with Crippen LogP contribution < -0.4 is 5.32 Å². The summed E-state index contributed by atoms with van der Waals surface area (Å²) in [6, 6.07) is 8.28. The van der Waals surface area contributed by atoms with E-state index in [0.717, 1.165) is 17.6 Å². The third-order valence-electron chi connectivity index (χ3n) is 4.60. The van der Waals surface area contributed by atoms with Crippen LogP contribution in [0.2, 0.25) is 0 Å². The predicted molar refractivity (Wildman–Crippen MR) is 87.6 cm³/mol. The minimum Gasteiger partial charge on any atom is -0.355 e. The number of thioether (sulfide) groups is 1. The van der Waals surface area contributed by atoms with Gasteiger partial charge in [0.2, 0.25) is 5.91 Å². The van der Waals surface area contributed by atoms with Gasteiger partial charge >= 0.3 is 0 Å². The van der Waals surface area contributed by atoms with Gasteiger partial charge in [-0.25, -0.2) is 0 Å². The first-order valence-corrected chi connectivity index (χ1v) is 9.40. The molecule has 0 bridgehead atoms. The quantitative estimate of drug-likeness (QED) is 0.830. The lowest BCUT2D eigenvalue weighted by molar-refractivity contribution is -0.122. The molecule has 1 N–H and O–H groups in total. The molecular weight excluding hydrogens is 334 g/mol. The number of rotatable bonds is 4. The zero-order valence-corrected chi connectivity index (χ0v) is 13.9. The molecule has 1 amide bonds. The van der Waals surface area contributed by atoms with E-state index in [0.29, 0.717) is 5.41 Å². The van der Waals surface area contributed by atoms with Gasteiger partial charge in [0.05, 0.1) is 5.92 Å². The smallest absolute Gasteiger partial charge is 0.228 e. The molecular formula is C16H20BrNOS. The van der Waals surface area contributed by atoms with E-state index >= 15 is 0 Å². The number of benzene rings is 1. The second-order valence-electron chi connectivity index (χ2n) is 5.96. The lowest BCUT2D eigenvalue weighted by Gasteiger charge is -2.27. The molecule has 1 aromatic carbocycles. The highest BCUT2D eigenvalue weighted by atomic mass is 79.9. The van der Waals surface area contributed by atoms with Crippen LogP contribution in [0.5, 0.6) is 0 Å². The van der Waals surface area contributed by atoms with Crippen LogP contribution in [0.1, 0.15) is 37.2 Å².